The van der Waals surface area contributed by atoms with E-state index in [0.29, 0.717) is 32.4 Å². The molecule has 0 aromatic heterocycles. The van der Waals surface area contributed by atoms with Gasteiger partial charge < -0.3 is 10.1 Å². The van der Waals surface area contributed by atoms with Crippen molar-refractivity contribution in [2.45, 2.75) is 25.3 Å². The van der Waals surface area contributed by atoms with Crippen LogP contribution in [0.3, 0.4) is 0 Å². The molecule has 1 aliphatic heterocycles. The van der Waals surface area contributed by atoms with E-state index < -0.39 is 0 Å². The fourth-order valence-electron chi connectivity index (χ4n) is 2.98. The van der Waals surface area contributed by atoms with Gasteiger partial charge in [0.05, 0.1) is 12.6 Å². The van der Waals surface area contributed by atoms with Crippen LogP contribution in [-0.2, 0) is 16.0 Å². The van der Waals surface area contributed by atoms with Gasteiger partial charge in [-0.05, 0) is 24.1 Å². The van der Waals surface area contributed by atoms with Crippen molar-refractivity contribution in [3.05, 3.63) is 66.2 Å². The summed E-state index contributed by atoms with van der Waals surface area (Å²) in [5, 5.41) is 2.84. The lowest BCUT2D eigenvalue weighted by Crippen LogP contribution is -2.34. The van der Waals surface area contributed by atoms with E-state index in [9.17, 15) is 9.59 Å². The predicted octanol–water partition coefficient (Wildman–Crippen LogP) is 3.15. The van der Waals surface area contributed by atoms with E-state index in [1.54, 1.807) is 4.90 Å². The number of rotatable bonds is 7. The normalized spacial score (nSPS) is 16.6. The van der Waals surface area contributed by atoms with Crippen molar-refractivity contribution in [1.29, 1.82) is 0 Å². The molecule has 1 saturated heterocycles. The Balaban J connectivity index is 1.45. The molecule has 1 heterocycles. The molecule has 1 unspecified atom stereocenters. The zero-order valence-electron chi connectivity index (χ0n) is 14.1. The first kappa shape index (κ1) is 17.0. The number of amides is 2. The molecule has 25 heavy (non-hydrogen) atoms. The number of benzene rings is 2. The third-order valence-electron chi connectivity index (χ3n) is 4.29. The molecule has 1 aliphatic rings. The van der Waals surface area contributed by atoms with Gasteiger partial charge in [0, 0.05) is 25.1 Å². The van der Waals surface area contributed by atoms with Crippen LogP contribution in [0.25, 0.3) is 0 Å². The molecule has 0 radical (unpaired) electrons. The minimum absolute atomic E-state index is 0.0310. The van der Waals surface area contributed by atoms with E-state index in [-0.39, 0.29) is 18.0 Å². The number of carbonyl (C=O) groups is 2. The number of esters is 1. The second-order valence-electron chi connectivity index (χ2n) is 6.04. The first-order chi connectivity index (χ1) is 12.2. The van der Waals surface area contributed by atoms with E-state index in [2.05, 4.69) is 5.32 Å². The summed E-state index contributed by atoms with van der Waals surface area (Å²) >= 11 is 0. The topological polar surface area (TPSA) is 58.6 Å². The van der Waals surface area contributed by atoms with Crippen LogP contribution >= 0.6 is 0 Å². The number of nitrogens with one attached hydrogen (secondary N) is 1. The molecular formula is C20H22N2O3. The maximum atomic E-state index is 12.1. The van der Waals surface area contributed by atoms with E-state index >= 15 is 0 Å². The smallest absolute Gasteiger partial charge is 0.322 e. The minimum Gasteiger partial charge on any atom is -0.465 e. The SMILES string of the molecule is O=C(CCC1CNC(=O)N1c1ccccc1)OCCc1ccccc1. The third kappa shape index (κ3) is 4.59. The summed E-state index contributed by atoms with van der Waals surface area (Å²) in [5.41, 5.74) is 2.00. The molecule has 2 aromatic rings. The van der Waals surface area contributed by atoms with Gasteiger partial charge >= 0.3 is 12.0 Å². The lowest BCUT2D eigenvalue weighted by Gasteiger charge is -2.22. The number of carbonyl (C=O) groups excluding carboxylic acids is 2. The van der Waals surface area contributed by atoms with Crippen LogP contribution in [0.2, 0.25) is 0 Å². The van der Waals surface area contributed by atoms with Gasteiger partial charge in [-0.15, -0.1) is 0 Å². The fourth-order valence-corrected chi connectivity index (χ4v) is 2.98. The molecule has 0 saturated carbocycles. The number of ether oxygens (including phenoxy) is 1. The van der Waals surface area contributed by atoms with Crippen molar-refractivity contribution in [2.24, 2.45) is 0 Å². The lowest BCUT2D eigenvalue weighted by atomic mass is 10.1. The minimum atomic E-state index is -0.219. The highest BCUT2D eigenvalue weighted by molar-refractivity contribution is 5.95. The van der Waals surface area contributed by atoms with Crippen LogP contribution in [0.1, 0.15) is 18.4 Å². The van der Waals surface area contributed by atoms with E-state index in [0.717, 1.165) is 11.3 Å². The molecule has 3 rings (SSSR count). The maximum absolute atomic E-state index is 12.1. The summed E-state index contributed by atoms with van der Waals surface area (Å²) in [7, 11) is 0. The second kappa shape index (κ2) is 8.33. The van der Waals surface area contributed by atoms with Gasteiger partial charge in [0.15, 0.2) is 0 Å². The van der Waals surface area contributed by atoms with E-state index in [1.165, 1.54) is 0 Å². The molecule has 2 amide bonds. The number of para-hydroxylation sites is 1. The van der Waals surface area contributed by atoms with Gasteiger partial charge in [0.1, 0.15) is 0 Å². The molecule has 5 heteroatoms. The van der Waals surface area contributed by atoms with Crippen molar-refractivity contribution < 1.29 is 14.3 Å². The molecule has 0 spiro atoms. The standard InChI is InChI=1S/C20H22N2O3/c23-19(25-14-13-16-7-3-1-4-8-16)12-11-18-15-21-20(24)22(18)17-9-5-2-6-10-17/h1-10,18H,11-15H2,(H,21,24). The molecule has 130 valence electrons. The van der Waals surface area contributed by atoms with Gasteiger partial charge in [-0.3, -0.25) is 9.69 Å². The number of hydrogen-bond donors (Lipinski definition) is 1. The zero-order chi connectivity index (χ0) is 17.5. The summed E-state index contributed by atoms with van der Waals surface area (Å²) in [6.45, 7) is 0.929. The van der Waals surface area contributed by atoms with Crippen LogP contribution < -0.4 is 10.2 Å². The van der Waals surface area contributed by atoms with Gasteiger partial charge in [-0.2, -0.15) is 0 Å². The summed E-state index contributed by atoms with van der Waals surface area (Å²) < 4.78 is 5.31. The van der Waals surface area contributed by atoms with Gasteiger partial charge in [0.25, 0.3) is 0 Å². The molecule has 1 atom stereocenters. The Morgan fingerprint density at radius 1 is 1.08 bits per heavy atom. The first-order valence-electron chi connectivity index (χ1n) is 8.55. The average molecular weight is 338 g/mol. The molecule has 0 aliphatic carbocycles. The van der Waals surface area contributed by atoms with Crippen LogP contribution in [0.4, 0.5) is 10.5 Å². The summed E-state index contributed by atoms with van der Waals surface area (Å²) in [4.78, 5) is 25.7. The fraction of sp³-hybridized carbons (Fsp3) is 0.300. The molecule has 1 N–H and O–H groups in total. The van der Waals surface area contributed by atoms with Gasteiger partial charge in [-0.1, -0.05) is 48.5 Å². The highest BCUT2D eigenvalue weighted by Crippen LogP contribution is 2.22. The largest absolute Gasteiger partial charge is 0.465 e. The molecule has 2 aromatic carbocycles. The van der Waals surface area contributed by atoms with Gasteiger partial charge in [0.2, 0.25) is 0 Å². The van der Waals surface area contributed by atoms with E-state index in [1.807, 2.05) is 60.7 Å². The third-order valence-corrected chi connectivity index (χ3v) is 4.29. The Kier molecular flexibility index (Phi) is 5.67. The van der Waals surface area contributed by atoms with Crippen LogP contribution in [0, 0.1) is 0 Å². The summed E-state index contributed by atoms with van der Waals surface area (Å²) in [6, 6.07) is 19.3. The van der Waals surface area contributed by atoms with Crippen molar-refractivity contribution >= 4 is 17.7 Å². The van der Waals surface area contributed by atoms with Crippen molar-refractivity contribution in [2.75, 3.05) is 18.1 Å². The Bertz CT molecular complexity index is 703. The second-order valence-corrected chi connectivity index (χ2v) is 6.04. The van der Waals surface area contributed by atoms with E-state index in [4.69, 9.17) is 4.74 Å². The van der Waals surface area contributed by atoms with Crippen LogP contribution in [-0.4, -0.2) is 31.2 Å². The van der Waals surface area contributed by atoms with Crippen molar-refractivity contribution in [1.82, 2.24) is 5.32 Å². The summed E-state index contributed by atoms with van der Waals surface area (Å²) in [6.07, 6.45) is 1.60. The molecular weight excluding hydrogens is 316 g/mol. The van der Waals surface area contributed by atoms with Crippen LogP contribution in [0.15, 0.2) is 60.7 Å². The number of hydrogen-bond acceptors (Lipinski definition) is 3. The lowest BCUT2D eigenvalue weighted by molar-refractivity contribution is -0.143. The highest BCUT2D eigenvalue weighted by Gasteiger charge is 2.31. The number of nitrogens with zero attached hydrogens (tertiary/aromatic N) is 1. The quantitative estimate of drug-likeness (QED) is 0.789. The van der Waals surface area contributed by atoms with Gasteiger partial charge in [-0.25, -0.2) is 4.79 Å². The average Bonchev–Trinajstić information content (AvgIpc) is 3.02. The van der Waals surface area contributed by atoms with Crippen molar-refractivity contribution in [3.63, 3.8) is 0 Å². The zero-order valence-corrected chi connectivity index (χ0v) is 14.1. The number of anilines is 1. The summed E-state index contributed by atoms with van der Waals surface area (Å²) in [5.74, 6) is -0.219. The highest BCUT2D eigenvalue weighted by atomic mass is 16.5. The Hall–Kier alpha value is -2.82. The Morgan fingerprint density at radius 3 is 2.48 bits per heavy atom. The Labute approximate surface area is 147 Å². The number of urea groups is 1. The molecule has 5 nitrogen and oxygen atoms in total. The predicted molar refractivity (Wildman–Crippen MR) is 96.4 cm³/mol. The molecule has 0 bridgehead atoms. The van der Waals surface area contributed by atoms with Crippen LogP contribution in [0.5, 0.6) is 0 Å². The van der Waals surface area contributed by atoms with Crippen molar-refractivity contribution in [3.8, 4) is 0 Å². The monoisotopic (exact) mass is 338 g/mol. The molecule has 1 fully saturated rings. The first-order valence-corrected chi connectivity index (χ1v) is 8.55. The Morgan fingerprint density at radius 2 is 1.76 bits per heavy atom. The maximum Gasteiger partial charge on any atom is 0.322 e.